The smallest absolute Gasteiger partial charge is 0.196 e. The van der Waals surface area contributed by atoms with E-state index in [1.54, 1.807) is 30.3 Å². The van der Waals surface area contributed by atoms with E-state index >= 15 is 0 Å². The number of benzene rings is 2. The highest BCUT2D eigenvalue weighted by Gasteiger charge is 2.33. The molecule has 0 N–H and O–H groups in total. The van der Waals surface area contributed by atoms with Crippen LogP contribution >= 0.6 is 39.1 Å². The fourth-order valence-corrected chi connectivity index (χ4v) is 3.35. The van der Waals surface area contributed by atoms with E-state index in [2.05, 4.69) is 15.9 Å². The predicted molar refractivity (Wildman–Crippen MR) is 77.5 cm³/mol. The molecular formula is C14H5BrCl2O2. The molecule has 0 aliphatic heterocycles. The summed E-state index contributed by atoms with van der Waals surface area (Å²) in [4.78, 5) is 24.9. The summed E-state index contributed by atoms with van der Waals surface area (Å²) in [7, 11) is 0. The molecule has 2 aromatic rings. The Kier molecular flexibility index (Phi) is 3.01. The molecule has 0 unspecified atom stereocenters. The molecular weight excluding hydrogens is 351 g/mol. The van der Waals surface area contributed by atoms with Gasteiger partial charge < -0.3 is 0 Å². The molecule has 0 radical (unpaired) electrons. The van der Waals surface area contributed by atoms with Crippen LogP contribution in [0.4, 0.5) is 0 Å². The Morgan fingerprint density at radius 2 is 1.47 bits per heavy atom. The van der Waals surface area contributed by atoms with Crippen molar-refractivity contribution in [1.29, 1.82) is 0 Å². The van der Waals surface area contributed by atoms with Crippen molar-refractivity contribution in [2.75, 3.05) is 0 Å². The first-order chi connectivity index (χ1) is 9.00. The monoisotopic (exact) mass is 354 g/mol. The molecule has 0 heterocycles. The van der Waals surface area contributed by atoms with E-state index in [9.17, 15) is 9.59 Å². The van der Waals surface area contributed by atoms with Crippen LogP contribution in [0.3, 0.4) is 0 Å². The number of fused-ring (bicyclic) bond motifs is 2. The molecule has 0 atom stereocenters. The number of carbonyl (C=O) groups excluding carboxylic acids is 2. The lowest BCUT2D eigenvalue weighted by Crippen LogP contribution is -2.21. The second-order valence-corrected chi connectivity index (χ2v) is 5.86. The van der Waals surface area contributed by atoms with Gasteiger partial charge in [-0.1, -0.05) is 51.3 Å². The molecule has 5 heteroatoms. The zero-order chi connectivity index (χ0) is 13.7. The summed E-state index contributed by atoms with van der Waals surface area (Å²) in [6.45, 7) is 0. The van der Waals surface area contributed by atoms with Crippen molar-refractivity contribution < 1.29 is 9.59 Å². The van der Waals surface area contributed by atoms with Gasteiger partial charge in [-0.25, -0.2) is 0 Å². The van der Waals surface area contributed by atoms with Gasteiger partial charge in [-0.2, -0.15) is 0 Å². The van der Waals surface area contributed by atoms with Gasteiger partial charge in [0.25, 0.3) is 0 Å². The van der Waals surface area contributed by atoms with Crippen molar-refractivity contribution in [2.45, 2.75) is 0 Å². The van der Waals surface area contributed by atoms with Crippen LogP contribution in [-0.4, -0.2) is 11.6 Å². The van der Waals surface area contributed by atoms with E-state index in [1.807, 2.05) is 0 Å². The Hall–Kier alpha value is -1.16. The molecule has 1 aliphatic rings. The van der Waals surface area contributed by atoms with E-state index in [4.69, 9.17) is 23.2 Å². The molecule has 0 spiro atoms. The Morgan fingerprint density at radius 3 is 2.21 bits per heavy atom. The summed E-state index contributed by atoms with van der Waals surface area (Å²) < 4.78 is 0.646. The lowest BCUT2D eigenvalue weighted by molar-refractivity contribution is 0.0979. The Bertz CT molecular complexity index is 753. The third-order valence-electron chi connectivity index (χ3n) is 3.01. The summed E-state index contributed by atoms with van der Waals surface area (Å²) >= 11 is 15.4. The van der Waals surface area contributed by atoms with Crippen molar-refractivity contribution >= 4 is 50.7 Å². The second-order valence-electron chi connectivity index (χ2n) is 4.13. The SMILES string of the molecule is O=C1c2cc(Br)cc(Cl)c2C(=O)c2cccc(Cl)c21. The zero-order valence-electron chi connectivity index (χ0n) is 9.34. The summed E-state index contributed by atoms with van der Waals surface area (Å²) in [5, 5.41) is 0.533. The number of rotatable bonds is 0. The van der Waals surface area contributed by atoms with Crippen LogP contribution in [0.15, 0.2) is 34.8 Å². The van der Waals surface area contributed by atoms with Gasteiger partial charge in [0.1, 0.15) is 0 Å². The summed E-state index contributed by atoms with van der Waals surface area (Å²) in [6, 6.07) is 8.01. The Balaban J connectivity index is 2.40. The largest absolute Gasteiger partial charge is 0.289 e. The highest BCUT2D eigenvalue weighted by molar-refractivity contribution is 9.10. The maximum atomic E-state index is 12.5. The van der Waals surface area contributed by atoms with E-state index < -0.39 is 0 Å². The van der Waals surface area contributed by atoms with Gasteiger partial charge >= 0.3 is 0 Å². The van der Waals surface area contributed by atoms with Crippen LogP contribution in [0.1, 0.15) is 31.8 Å². The first kappa shape index (κ1) is 12.9. The molecule has 2 nitrogen and oxygen atoms in total. The van der Waals surface area contributed by atoms with Crippen molar-refractivity contribution in [3.8, 4) is 0 Å². The first-order valence-corrected chi connectivity index (χ1v) is 6.92. The first-order valence-electron chi connectivity index (χ1n) is 5.37. The summed E-state index contributed by atoms with van der Waals surface area (Å²) in [6.07, 6.45) is 0. The van der Waals surface area contributed by atoms with Crippen LogP contribution in [0.25, 0.3) is 0 Å². The van der Waals surface area contributed by atoms with Crippen molar-refractivity contribution in [2.24, 2.45) is 0 Å². The summed E-state index contributed by atoms with van der Waals surface area (Å²) in [5.41, 5.74) is 1.07. The Morgan fingerprint density at radius 1 is 0.842 bits per heavy atom. The minimum absolute atomic E-state index is 0.240. The maximum absolute atomic E-state index is 12.5. The van der Waals surface area contributed by atoms with Gasteiger partial charge in [0.15, 0.2) is 11.6 Å². The fourth-order valence-electron chi connectivity index (χ4n) is 2.20. The lowest BCUT2D eigenvalue weighted by Gasteiger charge is -2.19. The van der Waals surface area contributed by atoms with Crippen LogP contribution in [0.2, 0.25) is 10.0 Å². The Labute approximate surface area is 127 Å². The highest BCUT2D eigenvalue weighted by Crippen LogP contribution is 2.36. The molecule has 0 aromatic heterocycles. The van der Waals surface area contributed by atoms with E-state index in [0.29, 0.717) is 10.0 Å². The molecule has 0 saturated carbocycles. The molecule has 2 aromatic carbocycles. The second kappa shape index (κ2) is 4.44. The number of halogens is 3. The van der Waals surface area contributed by atoms with Crippen molar-refractivity contribution in [1.82, 2.24) is 0 Å². The van der Waals surface area contributed by atoms with E-state index in [1.165, 1.54) is 0 Å². The lowest BCUT2D eigenvalue weighted by atomic mass is 9.84. The normalized spacial score (nSPS) is 13.2. The fraction of sp³-hybridized carbons (Fsp3) is 0. The highest BCUT2D eigenvalue weighted by atomic mass is 79.9. The third-order valence-corrected chi connectivity index (χ3v) is 4.08. The number of hydrogen-bond donors (Lipinski definition) is 0. The zero-order valence-corrected chi connectivity index (χ0v) is 12.4. The van der Waals surface area contributed by atoms with Gasteiger partial charge in [-0.15, -0.1) is 0 Å². The van der Waals surface area contributed by atoms with Gasteiger partial charge in [0.2, 0.25) is 0 Å². The molecule has 0 amide bonds. The van der Waals surface area contributed by atoms with Crippen molar-refractivity contribution in [3.05, 3.63) is 67.1 Å². The van der Waals surface area contributed by atoms with E-state index in [-0.39, 0.29) is 38.3 Å². The molecule has 19 heavy (non-hydrogen) atoms. The van der Waals surface area contributed by atoms with Gasteiger partial charge in [-0.05, 0) is 18.2 Å². The van der Waals surface area contributed by atoms with Gasteiger partial charge in [-0.3, -0.25) is 9.59 Å². The van der Waals surface area contributed by atoms with Crippen LogP contribution < -0.4 is 0 Å². The third kappa shape index (κ3) is 1.84. The molecule has 1 aliphatic carbocycles. The van der Waals surface area contributed by atoms with Crippen LogP contribution in [0.5, 0.6) is 0 Å². The quantitative estimate of drug-likeness (QED) is 0.593. The molecule has 94 valence electrons. The van der Waals surface area contributed by atoms with E-state index in [0.717, 1.165) is 0 Å². The molecule has 0 fully saturated rings. The number of carbonyl (C=O) groups is 2. The van der Waals surface area contributed by atoms with Gasteiger partial charge in [0, 0.05) is 15.6 Å². The number of hydrogen-bond acceptors (Lipinski definition) is 2. The predicted octanol–water partition coefficient (Wildman–Crippen LogP) is 4.53. The number of ketones is 2. The topological polar surface area (TPSA) is 34.1 Å². The standard InChI is InChI=1S/C14H5BrCl2O2/c15-6-4-8-12(10(17)5-6)13(18)7-2-1-3-9(16)11(7)14(8)19/h1-5H. The summed E-state index contributed by atoms with van der Waals surface area (Å²) in [5.74, 6) is -0.553. The maximum Gasteiger partial charge on any atom is 0.196 e. The molecule has 3 rings (SSSR count). The van der Waals surface area contributed by atoms with Crippen LogP contribution in [0, 0.1) is 0 Å². The average Bonchev–Trinajstić information content (AvgIpc) is 2.35. The minimum Gasteiger partial charge on any atom is -0.289 e. The molecule has 0 bridgehead atoms. The minimum atomic E-state index is -0.279. The van der Waals surface area contributed by atoms with Crippen LogP contribution in [-0.2, 0) is 0 Å². The van der Waals surface area contributed by atoms with Gasteiger partial charge in [0.05, 0.1) is 21.2 Å². The molecule has 0 saturated heterocycles. The van der Waals surface area contributed by atoms with Crippen molar-refractivity contribution in [3.63, 3.8) is 0 Å². The average molecular weight is 356 g/mol.